The van der Waals surface area contributed by atoms with Crippen LogP contribution in [0.5, 0.6) is 0 Å². The molecule has 1 rings (SSSR count). The first-order chi connectivity index (χ1) is 8.26. The van der Waals surface area contributed by atoms with Crippen molar-refractivity contribution in [1.29, 1.82) is 0 Å². The summed E-state index contributed by atoms with van der Waals surface area (Å²) < 4.78 is 0. The van der Waals surface area contributed by atoms with E-state index in [2.05, 4.69) is 43.4 Å². The molecule has 0 fully saturated rings. The maximum Gasteiger partial charge on any atom is -0.000823 e. The van der Waals surface area contributed by atoms with Gasteiger partial charge in [-0.05, 0) is 49.5 Å². The molecule has 0 heterocycles. The molecular weight excluding hydrogens is 208 g/mol. The Morgan fingerprint density at radius 2 is 1.71 bits per heavy atom. The van der Waals surface area contributed by atoms with E-state index in [4.69, 9.17) is 5.73 Å². The summed E-state index contributed by atoms with van der Waals surface area (Å²) in [5.41, 5.74) is 8.43. The van der Waals surface area contributed by atoms with Gasteiger partial charge in [0.05, 0.1) is 0 Å². The van der Waals surface area contributed by atoms with Crippen molar-refractivity contribution < 1.29 is 0 Å². The van der Waals surface area contributed by atoms with Gasteiger partial charge in [0.15, 0.2) is 0 Å². The molecule has 0 spiro atoms. The van der Waals surface area contributed by atoms with Crippen LogP contribution < -0.4 is 11.1 Å². The van der Waals surface area contributed by atoms with Crippen LogP contribution in [0.3, 0.4) is 0 Å². The number of nitrogens with one attached hydrogen (secondary N) is 1. The summed E-state index contributed by atoms with van der Waals surface area (Å²) in [6.45, 7) is 7.21. The van der Waals surface area contributed by atoms with Crippen LogP contribution in [0.15, 0.2) is 24.3 Å². The lowest BCUT2D eigenvalue weighted by Gasteiger charge is -2.10. The molecular formula is C15H26N2. The maximum atomic E-state index is 5.57. The Bertz CT molecular complexity index is 292. The first-order valence-electron chi connectivity index (χ1n) is 6.74. The number of benzene rings is 1. The number of aryl methyl sites for hydroxylation is 1. The average Bonchev–Trinajstić information content (AvgIpc) is 2.36. The minimum absolute atomic E-state index is 0.571. The standard InChI is InChI=1S/C15H26N2/c1-3-4-14-5-7-15(8-6-14)9-10-17-12-13(2)11-16/h5-8,13,17H,3-4,9-12,16H2,1-2H3. The quantitative estimate of drug-likeness (QED) is 0.678. The van der Waals surface area contributed by atoms with Gasteiger partial charge < -0.3 is 11.1 Å². The van der Waals surface area contributed by atoms with Crippen molar-refractivity contribution in [1.82, 2.24) is 5.32 Å². The topological polar surface area (TPSA) is 38.0 Å². The van der Waals surface area contributed by atoms with E-state index < -0.39 is 0 Å². The third-order valence-corrected chi connectivity index (χ3v) is 3.05. The van der Waals surface area contributed by atoms with Gasteiger partial charge in [0, 0.05) is 0 Å². The predicted molar refractivity (Wildman–Crippen MR) is 75.2 cm³/mol. The summed E-state index contributed by atoms with van der Waals surface area (Å²) in [5, 5.41) is 3.44. The van der Waals surface area contributed by atoms with Gasteiger partial charge in [-0.25, -0.2) is 0 Å². The lowest BCUT2D eigenvalue weighted by atomic mass is 10.1. The van der Waals surface area contributed by atoms with Crippen LogP contribution in [-0.4, -0.2) is 19.6 Å². The smallest absolute Gasteiger partial charge is 0.000823 e. The van der Waals surface area contributed by atoms with E-state index >= 15 is 0 Å². The molecule has 1 unspecified atom stereocenters. The predicted octanol–water partition coefficient (Wildman–Crippen LogP) is 2.37. The van der Waals surface area contributed by atoms with E-state index in [1.54, 1.807) is 0 Å². The zero-order valence-corrected chi connectivity index (χ0v) is 11.2. The van der Waals surface area contributed by atoms with E-state index in [0.717, 1.165) is 26.1 Å². The molecule has 17 heavy (non-hydrogen) atoms. The number of hydrogen-bond donors (Lipinski definition) is 2. The van der Waals surface area contributed by atoms with E-state index in [1.807, 2.05) is 0 Å². The third-order valence-electron chi connectivity index (χ3n) is 3.05. The summed E-state index contributed by atoms with van der Waals surface area (Å²) in [5.74, 6) is 0.571. The van der Waals surface area contributed by atoms with E-state index in [0.29, 0.717) is 5.92 Å². The Morgan fingerprint density at radius 1 is 1.12 bits per heavy atom. The highest BCUT2D eigenvalue weighted by Crippen LogP contribution is 2.06. The van der Waals surface area contributed by atoms with Crippen LogP contribution >= 0.6 is 0 Å². The van der Waals surface area contributed by atoms with Crippen LogP contribution in [0.2, 0.25) is 0 Å². The van der Waals surface area contributed by atoms with Crippen molar-refractivity contribution in [2.75, 3.05) is 19.6 Å². The summed E-state index contributed by atoms with van der Waals surface area (Å²) in [6.07, 6.45) is 3.51. The molecule has 2 nitrogen and oxygen atoms in total. The lowest BCUT2D eigenvalue weighted by molar-refractivity contribution is 0.524. The molecule has 0 bridgehead atoms. The molecule has 0 aliphatic heterocycles. The highest BCUT2D eigenvalue weighted by molar-refractivity contribution is 5.22. The van der Waals surface area contributed by atoms with Gasteiger partial charge in [-0.3, -0.25) is 0 Å². The molecule has 0 saturated carbocycles. The van der Waals surface area contributed by atoms with Gasteiger partial charge in [0.25, 0.3) is 0 Å². The van der Waals surface area contributed by atoms with Crippen molar-refractivity contribution in [3.05, 3.63) is 35.4 Å². The van der Waals surface area contributed by atoms with Gasteiger partial charge in [0.1, 0.15) is 0 Å². The molecule has 1 aromatic carbocycles. The molecule has 96 valence electrons. The highest BCUT2D eigenvalue weighted by Gasteiger charge is 1.98. The van der Waals surface area contributed by atoms with E-state index in [1.165, 1.54) is 24.0 Å². The van der Waals surface area contributed by atoms with Gasteiger partial charge in [-0.15, -0.1) is 0 Å². The Hall–Kier alpha value is -0.860. The van der Waals surface area contributed by atoms with Crippen LogP contribution in [0, 0.1) is 5.92 Å². The third kappa shape index (κ3) is 5.85. The SMILES string of the molecule is CCCc1ccc(CCNCC(C)CN)cc1. The van der Waals surface area contributed by atoms with E-state index in [-0.39, 0.29) is 0 Å². The molecule has 0 amide bonds. The van der Waals surface area contributed by atoms with Crippen molar-refractivity contribution in [2.24, 2.45) is 11.7 Å². The second kappa shape index (κ2) is 8.26. The molecule has 3 N–H and O–H groups in total. The first-order valence-corrected chi connectivity index (χ1v) is 6.74. The Morgan fingerprint density at radius 3 is 2.24 bits per heavy atom. The summed E-state index contributed by atoms with van der Waals surface area (Å²) >= 11 is 0. The Kier molecular flexibility index (Phi) is 6.90. The fourth-order valence-electron chi connectivity index (χ4n) is 1.83. The minimum Gasteiger partial charge on any atom is -0.330 e. The fraction of sp³-hybridized carbons (Fsp3) is 0.600. The normalized spacial score (nSPS) is 12.6. The second-order valence-corrected chi connectivity index (χ2v) is 4.86. The molecule has 0 aliphatic rings. The first kappa shape index (κ1) is 14.2. The molecule has 0 aliphatic carbocycles. The minimum atomic E-state index is 0.571. The number of hydrogen-bond acceptors (Lipinski definition) is 2. The van der Waals surface area contributed by atoms with Crippen molar-refractivity contribution in [2.45, 2.75) is 33.1 Å². The lowest BCUT2D eigenvalue weighted by Crippen LogP contribution is -2.27. The zero-order chi connectivity index (χ0) is 12.5. The largest absolute Gasteiger partial charge is 0.330 e. The van der Waals surface area contributed by atoms with Gasteiger partial charge in [0.2, 0.25) is 0 Å². The van der Waals surface area contributed by atoms with Crippen LogP contribution in [0.4, 0.5) is 0 Å². The molecule has 0 saturated heterocycles. The number of nitrogens with two attached hydrogens (primary N) is 1. The zero-order valence-electron chi connectivity index (χ0n) is 11.2. The number of rotatable bonds is 8. The second-order valence-electron chi connectivity index (χ2n) is 4.86. The van der Waals surface area contributed by atoms with Crippen LogP contribution in [-0.2, 0) is 12.8 Å². The Labute approximate surface area is 106 Å². The highest BCUT2D eigenvalue weighted by atomic mass is 14.9. The average molecular weight is 234 g/mol. The van der Waals surface area contributed by atoms with Crippen LogP contribution in [0.25, 0.3) is 0 Å². The van der Waals surface area contributed by atoms with Gasteiger partial charge in [-0.2, -0.15) is 0 Å². The molecule has 0 aromatic heterocycles. The molecule has 0 radical (unpaired) electrons. The summed E-state index contributed by atoms with van der Waals surface area (Å²) in [6, 6.07) is 9.00. The van der Waals surface area contributed by atoms with Crippen molar-refractivity contribution in [3.63, 3.8) is 0 Å². The Balaban J connectivity index is 2.23. The van der Waals surface area contributed by atoms with Crippen molar-refractivity contribution in [3.8, 4) is 0 Å². The monoisotopic (exact) mass is 234 g/mol. The van der Waals surface area contributed by atoms with Crippen molar-refractivity contribution >= 4 is 0 Å². The maximum absolute atomic E-state index is 5.57. The molecule has 1 atom stereocenters. The summed E-state index contributed by atoms with van der Waals surface area (Å²) in [4.78, 5) is 0. The fourth-order valence-corrected chi connectivity index (χ4v) is 1.83. The van der Waals surface area contributed by atoms with Gasteiger partial charge in [-0.1, -0.05) is 44.5 Å². The van der Waals surface area contributed by atoms with E-state index in [9.17, 15) is 0 Å². The summed E-state index contributed by atoms with van der Waals surface area (Å²) in [7, 11) is 0. The van der Waals surface area contributed by atoms with Gasteiger partial charge >= 0.3 is 0 Å². The molecule has 2 heteroatoms. The molecule has 1 aromatic rings. The van der Waals surface area contributed by atoms with Crippen LogP contribution in [0.1, 0.15) is 31.4 Å².